The number of ether oxygens (including phenoxy) is 2. The molecule has 0 unspecified atom stereocenters. The number of cyclic esters (lactones) is 2. The Labute approximate surface area is 145 Å². The number of anilines is 1. The number of hydrogen-bond acceptors (Lipinski definition) is 6. The van der Waals surface area contributed by atoms with Crippen molar-refractivity contribution in [3.05, 3.63) is 41.6 Å². The van der Waals surface area contributed by atoms with Gasteiger partial charge in [-0.2, -0.15) is 0 Å². The molecule has 0 saturated carbocycles. The highest BCUT2D eigenvalue weighted by molar-refractivity contribution is 6.15. The Morgan fingerprint density at radius 2 is 1.80 bits per heavy atom. The lowest BCUT2D eigenvalue weighted by molar-refractivity contribution is -0.222. The van der Waals surface area contributed by atoms with E-state index in [-0.39, 0.29) is 11.5 Å². The minimum Gasteiger partial charge on any atom is -0.419 e. The fourth-order valence-electron chi connectivity index (χ4n) is 2.78. The van der Waals surface area contributed by atoms with Gasteiger partial charge in [-0.15, -0.1) is 0 Å². The van der Waals surface area contributed by atoms with E-state index in [0.29, 0.717) is 11.3 Å². The summed E-state index contributed by atoms with van der Waals surface area (Å²) < 4.78 is 10.0. The van der Waals surface area contributed by atoms with Gasteiger partial charge in [-0.1, -0.05) is 6.07 Å². The smallest absolute Gasteiger partial charge is 0.350 e. The Bertz CT molecular complexity index is 726. The van der Waals surface area contributed by atoms with Gasteiger partial charge in [0.05, 0.1) is 0 Å². The van der Waals surface area contributed by atoms with Gasteiger partial charge in [-0.25, -0.2) is 9.59 Å². The van der Waals surface area contributed by atoms with Gasteiger partial charge >= 0.3 is 11.9 Å². The fourth-order valence-corrected chi connectivity index (χ4v) is 2.78. The van der Waals surface area contributed by atoms with Crippen LogP contribution in [0.1, 0.15) is 37.0 Å². The lowest BCUT2D eigenvalue weighted by Crippen LogP contribution is -2.42. The summed E-state index contributed by atoms with van der Waals surface area (Å²) in [5, 5.41) is 2.85. The molecule has 132 valence electrons. The largest absolute Gasteiger partial charge is 0.419 e. The molecule has 0 atom stereocenters. The third kappa shape index (κ3) is 3.81. The number of benzene rings is 1. The summed E-state index contributed by atoms with van der Waals surface area (Å²) in [6.45, 7) is 4.52. The second kappa shape index (κ2) is 6.58. The Kier molecular flexibility index (Phi) is 4.48. The van der Waals surface area contributed by atoms with Gasteiger partial charge in [0.25, 0.3) is 11.7 Å². The quantitative estimate of drug-likeness (QED) is 0.513. The third-order valence-corrected chi connectivity index (χ3v) is 4.00. The predicted octanol–water partition coefficient (Wildman–Crippen LogP) is 2.05. The molecule has 3 rings (SSSR count). The second-order valence-corrected chi connectivity index (χ2v) is 6.46. The summed E-state index contributed by atoms with van der Waals surface area (Å²) >= 11 is 0. The lowest BCUT2D eigenvalue weighted by Gasteiger charge is -2.29. The number of rotatable bonds is 3. The van der Waals surface area contributed by atoms with Crippen LogP contribution in [0.3, 0.4) is 0 Å². The highest BCUT2D eigenvalue weighted by Crippen LogP contribution is 2.23. The Morgan fingerprint density at radius 1 is 1.16 bits per heavy atom. The maximum atomic E-state index is 12.4. The van der Waals surface area contributed by atoms with E-state index in [4.69, 9.17) is 9.47 Å². The first kappa shape index (κ1) is 17.0. The van der Waals surface area contributed by atoms with Crippen molar-refractivity contribution in [1.29, 1.82) is 0 Å². The van der Waals surface area contributed by atoms with Crippen molar-refractivity contribution < 1.29 is 23.9 Å². The zero-order chi connectivity index (χ0) is 18.0. The van der Waals surface area contributed by atoms with Crippen molar-refractivity contribution in [2.24, 2.45) is 0 Å². The minimum atomic E-state index is -1.27. The van der Waals surface area contributed by atoms with Crippen LogP contribution in [0.2, 0.25) is 0 Å². The molecule has 7 nitrogen and oxygen atoms in total. The maximum Gasteiger partial charge on any atom is 0.350 e. The van der Waals surface area contributed by atoms with Gasteiger partial charge < -0.3 is 19.7 Å². The van der Waals surface area contributed by atoms with Crippen molar-refractivity contribution in [1.82, 2.24) is 4.90 Å². The van der Waals surface area contributed by atoms with Crippen molar-refractivity contribution in [3.63, 3.8) is 0 Å². The van der Waals surface area contributed by atoms with Crippen LogP contribution in [-0.4, -0.2) is 41.6 Å². The molecule has 1 N–H and O–H groups in total. The van der Waals surface area contributed by atoms with Crippen LogP contribution in [0.5, 0.6) is 0 Å². The summed E-state index contributed by atoms with van der Waals surface area (Å²) in [5.74, 6) is -2.80. The summed E-state index contributed by atoms with van der Waals surface area (Å²) in [7, 11) is 0. The molecular weight excluding hydrogens is 324 g/mol. The molecule has 1 aromatic rings. The molecule has 0 bridgehead atoms. The summed E-state index contributed by atoms with van der Waals surface area (Å²) in [6.07, 6.45) is 3.28. The van der Waals surface area contributed by atoms with E-state index in [0.717, 1.165) is 25.9 Å². The van der Waals surface area contributed by atoms with E-state index in [1.165, 1.54) is 20.0 Å². The van der Waals surface area contributed by atoms with Crippen LogP contribution in [0, 0.1) is 0 Å². The van der Waals surface area contributed by atoms with Crippen LogP contribution in [0.25, 0.3) is 0 Å². The zero-order valence-corrected chi connectivity index (χ0v) is 14.2. The average Bonchev–Trinajstić information content (AvgIpc) is 3.07. The SMILES string of the molecule is CC1(C)OC(=O)C(=CNc2cccc(C(=O)N3CCCC3)c2)C(=O)O1. The van der Waals surface area contributed by atoms with Gasteiger partial charge in [-0.3, -0.25) is 4.79 Å². The second-order valence-electron chi connectivity index (χ2n) is 6.46. The first-order valence-corrected chi connectivity index (χ1v) is 8.18. The van der Waals surface area contributed by atoms with Crippen LogP contribution in [-0.2, 0) is 19.1 Å². The molecule has 2 aliphatic heterocycles. The monoisotopic (exact) mass is 344 g/mol. The Hall–Kier alpha value is -2.83. The van der Waals surface area contributed by atoms with Crippen LogP contribution in [0.15, 0.2) is 36.0 Å². The molecule has 2 aliphatic rings. The topological polar surface area (TPSA) is 84.9 Å². The Balaban J connectivity index is 1.73. The number of carbonyl (C=O) groups is 3. The van der Waals surface area contributed by atoms with Crippen LogP contribution >= 0.6 is 0 Å². The number of nitrogens with zero attached hydrogens (tertiary/aromatic N) is 1. The molecule has 2 heterocycles. The van der Waals surface area contributed by atoms with Crippen molar-refractivity contribution >= 4 is 23.5 Å². The minimum absolute atomic E-state index is 0.0213. The van der Waals surface area contributed by atoms with E-state index in [1.54, 1.807) is 24.3 Å². The first-order chi connectivity index (χ1) is 11.9. The molecule has 25 heavy (non-hydrogen) atoms. The van der Waals surface area contributed by atoms with Crippen molar-refractivity contribution in [2.45, 2.75) is 32.5 Å². The fraction of sp³-hybridized carbons (Fsp3) is 0.389. The first-order valence-electron chi connectivity index (χ1n) is 8.18. The maximum absolute atomic E-state index is 12.4. The summed E-state index contributed by atoms with van der Waals surface area (Å²) in [4.78, 5) is 38.0. The molecule has 0 aliphatic carbocycles. The number of esters is 2. The van der Waals surface area contributed by atoms with Crippen molar-refractivity contribution in [2.75, 3.05) is 18.4 Å². The van der Waals surface area contributed by atoms with E-state index in [1.807, 2.05) is 4.90 Å². The van der Waals surface area contributed by atoms with Crippen molar-refractivity contribution in [3.8, 4) is 0 Å². The van der Waals surface area contributed by atoms with E-state index in [9.17, 15) is 14.4 Å². The number of amides is 1. The molecule has 0 radical (unpaired) electrons. The van der Waals surface area contributed by atoms with Gasteiger partial charge in [0, 0.05) is 44.4 Å². The number of nitrogens with one attached hydrogen (secondary N) is 1. The number of carbonyl (C=O) groups excluding carboxylic acids is 3. The van der Waals surface area contributed by atoms with Gasteiger partial charge in [-0.05, 0) is 31.0 Å². The van der Waals surface area contributed by atoms with Gasteiger partial charge in [0.1, 0.15) is 0 Å². The molecule has 2 saturated heterocycles. The molecule has 2 fully saturated rings. The van der Waals surface area contributed by atoms with E-state index in [2.05, 4.69) is 5.32 Å². The molecule has 0 spiro atoms. The third-order valence-electron chi connectivity index (χ3n) is 4.00. The molecule has 1 aromatic carbocycles. The molecule has 7 heteroatoms. The summed E-state index contributed by atoms with van der Waals surface area (Å²) in [6, 6.07) is 6.90. The van der Waals surface area contributed by atoms with E-state index >= 15 is 0 Å². The van der Waals surface area contributed by atoms with Crippen LogP contribution in [0.4, 0.5) is 5.69 Å². The van der Waals surface area contributed by atoms with E-state index < -0.39 is 17.7 Å². The summed E-state index contributed by atoms with van der Waals surface area (Å²) in [5.41, 5.74) is 0.916. The highest BCUT2D eigenvalue weighted by atomic mass is 16.7. The average molecular weight is 344 g/mol. The van der Waals surface area contributed by atoms with Crippen LogP contribution < -0.4 is 5.32 Å². The molecule has 1 amide bonds. The normalized spacial score (nSPS) is 19.3. The zero-order valence-electron chi connectivity index (χ0n) is 14.2. The molecule has 0 aromatic heterocycles. The lowest BCUT2D eigenvalue weighted by atomic mass is 10.1. The number of likely N-dealkylation sites (tertiary alicyclic amines) is 1. The van der Waals surface area contributed by atoms with Gasteiger partial charge in [0.2, 0.25) is 0 Å². The number of hydrogen-bond donors (Lipinski definition) is 1. The predicted molar refractivity (Wildman–Crippen MR) is 89.5 cm³/mol. The Morgan fingerprint density at radius 3 is 2.44 bits per heavy atom. The van der Waals surface area contributed by atoms with Gasteiger partial charge in [0.15, 0.2) is 5.57 Å². The standard InChI is InChI=1S/C18H20N2O5/c1-18(2)24-16(22)14(17(23)25-18)11-19-13-7-5-6-12(10-13)15(21)20-8-3-4-9-20/h5-7,10-11,19H,3-4,8-9H2,1-2H3. The molecular formula is C18H20N2O5. The highest BCUT2D eigenvalue weighted by Gasteiger charge is 2.38.